The first kappa shape index (κ1) is 24.4. The molecule has 0 bridgehead atoms. The van der Waals surface area contributed by atoms with Gasteiger partial charge in [0.05, 0.1) is 22.0 Å². The Bertz CT molecular complexity index is 777. The summed E-state index contributed by atoms with van der Waals surface area (Å²) in [5, 5.41) is 62.1. The lowest BCUT2D eigenvalue weighted by Crippen LogP contribution is -2.05. The van der Waals surface area contributed by atoms with E-state index in [9.17, 15) is 20.2 Å². The van der Waals surface area contributed by atoms with Crippen LogP contribution in [0.5, 0.6) is 11.5 Å². The van der Waals surface area contributed by atoms with Crippen LogP contribution in [-0.4, -0.2) is 56.6 Å². The Balaban J connectivity index is 0.000000300. The number of rotatable bonds is 10. The lowest BCUT2D eigenvalue weighted by molar-refractivity contribution is -0.384. The average molecular weight is 424 g/mol. The van der Waals surface area contributed by atoms with Crippen LogP contribution in [0.2, 0.25) is 0 Å². The fraction of sp³-hybridized carbons (Fsp3) is 0.333. The molecule has 0 unspecified atom stereocenters. The molecular formula is C18H24N4O8. The Morgan fingerprint density at radius 3 is 1.40 bits per heavy atom. The van der Waals surface area contributed by atoms with Crippen LogP contribution in [0, 0.1) is 20.2 Å². The van der Waals surface area contributed by atoms with Crippen molar-refractivity contribution in [1.29, 1.82) is 0 Å². The summed E-state index contributed by atoms with van der Waals surface area (Å²) >= 11 is 0. The van der Waals surface area contributed by atoms with Gasteiger partial charge in [0.15, 0.2) is 0 Å². The SMILES string of the molecule is O=[N+]([O-])c1cc(O)ccc1NCCCO.O=[N+]([O-])c1cc(O)ccc1NCCCO. The van der Waals surface area contributed by atoms with Crippen molar-refractivity contribution in [2.24, 2.45) is 0 Å². The summed E-state index contributed by atoms with van der Waals surface area (Å²) < 4.78 is 0. The van der Waals surface area contributed by atoms with Gasteiger partial charge in [-0.25, -0.2) is 0 Å². The highest BCUT2D eigenvalue weighted by Crippen LogP contribution is 2.29. The highest BCUT2D eigenvalue weighted by atomic mass is 16.6. The fourth-order valence-electron chi connectivity index (χ4n) is 2.25. The fourth-order valence-corrected chi connectivity index (χ4v) is 2.25. The Hall–Kier alpha value is -3.64. The number of phenolic OH excluding ortho intramolecular Hbond substituents is 2. The minimum atomic E-state index is -0.568. The average Bonchev–Trinajstić information content (AvgIpc) is 2.70. The molecule has 0 saturated carbocycles. The summed E-state index contributed by atoms with van der Waals surface area (Å²) in [5.41, 5.74) is 0.332. The maximum atomic E-state index is 10.6. The molecule has 2 aromatic rings. The third-order valence-corrected chi connectivity index (χ3v) is 3.66. The standard InChI is InChI=1S/2C9H12N2O4/c2*12-5-1-4-10-8-3-2-7(13)6-9(8)11(14)15/h2*2-3,6,10,12-13H,1,4-5H2. The zero-order valence-corrected chi connectivity index (χ0v) is 16.0. The molecule has 0 radical (unpaired) electrons. The van der Waals surface area contributed by atoms with Crippen molar-refractivity contribution in [3.05, 3.63) is 56.6 Å². The first-order valence-electron chi connectivity index (χ1n) is 8.94. The summed E-state index contributed by atoms with van der Waals surface area (Å²) in [7, 11) is 0. The Morgan fingerprint density at radius 1 is 0.733 bits per heavy atom. The number of nitrogens with zero attached hydrogens (tertiary/aromatic N) is 2. The van der Waals surface area contributed by atoms with Crippen LogP contribution in [-0.2, 0) is 0 Å². The topological polar surface area (TPSA) is 191 Å². The van der Waals surface area contributed by atoms with E-state index in [1.807, 2.05) is 0 Å². The van der Waals surface area contributed by atoms with E-state index in [0.29, 0.717) is 37.3 Å². The van der Waals surface area contributed by atoms with Gasteiger partial charge in [0.25, 0.3) is 11.4 Å². The van der Waals surface area contributed by atoms with Crippen LogP contribution in [0.4, 0.5) is 22.7 Å². The third kappa shape index (κ3) is 8.16. The number of phenols is 2. The second-order valence-electron chi connectivity index (χ2n) is 5.92. The molecule has 0 saturated heterocycles. The van der Waals surface area contributed by atoms with E-state index < -0.39 is 9.85 Å². The molecule has 6 N–H and O–H groups in total. The van der Waals surface area contributed by atoms with E-state index in [4.69, 9.17) is 20.4 Å². The maximum absolute atomic E-state index is 10.6. The molecule has 0 heterocycles. The van der Waals surface area contributed by atoms with Crippen molar-refractivity contribution in [2.45, 2.75) is 12.8 Å². The van der Waals surface area contributed by atoms with Crippen molar-refractivity contribution in [3.63, 3.8) is 0 Å². The van der Waals surface area contributed by atoms with E-state index in [2.05, 4.69) is 10.6 Å². The second-order valence-corrected chi connectivity index (χ2v) is 5.92. The number of aromatic hydroxyl groups is 2. The van der Waals surface area contributed by atoms with E-state index >= 15 is 0 Å². The number of hydrogen-bond acceptors (Lipinski definition) is 10. The summed E-state index contributed by atoms with van der Waals surface area (Å²) in [6, 6.07) is 7.78. The van der Waals surface area contributed by atoms with E-state index in [1.165, 1.54) is 24.3 Å². The largest absolute Gasteiger partial charge is 0.508 e. The van der Waals surface area contributed by atoms with E-state index in [1.54, 1.807) is 0 Å². The van der Waals surface area contributed by atoms with Crippen molar-refractivity contribution in [2.75, 3.05) is 36.9 Å². The van der Waals surface area contributed by atoms with Crippen molar-refractivity contribution in [3.8, 4) is 11.5 Å². The Labute approximate surface area is 171 Å². The van der Waals surface area contributed by atoms with Crippen molar-refractivity contribution >= 4 is 22.7 Å². The molecule has 0 atom stereocenters. The van der Waals surface area contributed by atoms with Crippen molar-refractivity contribution < 1.29 is 30.3 Å². The predicted octanol–water partition coefficient (Wildman–Crippen LogP) is 2.19. The molecule has 0 fully saturated rings. The van der Waals surface area contributed by atoms with Gasteiger partial charge < -0.3 is 31.1 Å². The van der Waals surface area contributed by atoms with Crippen LogP contribution < -0.4 is 10.6 Å². The van der Waals surface area contributed by atoms with Gasteiger partial charge in [-0.15, -0.1) is 0 Å². The first-order valence-corrected chi connectivity index (χ1v) is 8.94. The number of benzene rings is 2. The molecule has 0 amide bonds. The molecule has 12 nitrogen and oxygen atoms in total. The lowest BCUT2D eigenvalue weighted by atomic mass is 10.2. The van der Waals surface area contributed by atoms with Gasteiger partial charge in [0, 0.05) is 26.3 Å². The highest BCUT2D eigenvalue weighted by molar-refractivity contribution is 5.64. The minimum Gasteiger partial charge on any atom is -0.508 e. The molecule has 0 aliphatic heterocycles. The number of aliphatic hydroxyl groups is 2. The molecule has 0 aliphatic carbocycles. The van der Waals surface area contributed by atoms with Gasteiger partial charge in [-0.05, 0) is 37.1 Å². The van der Waals surface area contributed by atoms with Gasteiger partial charge in [-0.1, -0.05) is 0 Å². The second kappa shape index (κ2) is 12.7. The maximum Gasteiger partial charge on any atom is 0.296 e. The molecule has 0 spiro atoms. The monoisotopic (exact) mass is 424 g/mol. The lowest BCUT2D eigenvalue weighted by Gasteiger charge is -2.05. The number of nitrogens with one attached hydrogen (secondary N) is 2. The Kier molecular flexibility index (Phi) is 10.4. The van der Waals surface area contributed by atoms with Crippen LogP contribution in [0.1, 0.15) is 12.8 Å². The van der Waals surface area contributed by atoms with E-state index in [-0.39, 0.29) is 36.1 Å². The quantitative estimate of drug-likeness (QED) is 0.143. The van der Waals surface area contributed by atoms with Gasteiger partial charge in [0.2, 0.25) is 0 Å². The van der Waals surface area contributed by atoms with Gasteiger partial charge in [0.1, 0.15) is 22.9 Å². The van der Waals surface area contributed by atoms with Gasteiger partial charge in [-0.2, -0.15) is 0 Å². The molecule has 164 valence electrons. The van der Waals surface area contributed by atoms with Gasteiger partial charge >= 0.3 is 0 Å². The van der Waals surface area contributed by atoms with Crippen LogP contribution in [0.15, 0.2) is 36.4 Å². The zero-order chi connectivity index (χ0) is 22.5. The molecule has 0 aliphatic rings. The highest BCUT2D eigenvalue weighted by Gasteiger charge is 2.14. The zero-order valence-electron chi connectivity index (χ0n) is 16.0. The summed E-state index contributed by atoms with van der Waals surface area (Å²) in [4.78, 5) is 20.1. The number of hydrogen-bond donors (Lipinski definition) is 6. The first-order chi connectivity index (χ1) is 14.3. The summed E-state index contributed by atoms with van der Waals surface area (Å²) in [6.45, 7) is 0.946. The van der Waals surface area contributed by atoms with Gasteiger partial charge in [-0.3, -0.25) is 20.2 Å². The molecule has 12 heteroatoms. The molecule has 2 rings (SSSR count). The summed E-state index contributed by atoms with van der Waals surface area (Å²) in [5.74, 6) is -0.288. The normalized spacial score (nSPS) is 9.93. The number of aliphatic hydroxyl groups excluding tert-OH is 2. The Morgan fingerprint density at radius 2 is 1.10 bits per heavy atom. The van der Waals surface area contributed by atoms with Crippen molar-refractivity contribution in [1.82, 2.24) is 0 Å². The smallest absolute Gasteiger partial charge is 0.296 e. The number of nitro benzene ring substituents is 2. The van der Waals surface area contributed by atoms with Crippen LogP contribution >= 0.6 is 0 Å². The molecule has 2 aromatic carbocycles. The minimum absolute atomic E-state index is 0.0267. The number of anilines is 2. The predicted molar refractivity (Wildman–Crippen MR) is 110 cm³/mol. The number of nitro groups is 2. The van der Waals surface area contributed by atoms with Crippen LogP contribution in [0.25, 0.3) is 0 Å². The molecule has 30 heavy (non-hydrogen) atoms. The third-order valence-electron chi connectivity index (χ3n) is 3.66. The van der Waals surface area contributed by atoms with Crippen LogP contribution in [0.3, 0.4) is 0 Å². The summed E-state index contributed by atoms with van der Waals surface area (Å²) in [6.07, 6.45) is 1.02. The molecule has 0 aromatic heterocycles. The molecular weight excluding hydrogens is 400 g/mol. The van der Waals surface area contributed by atoms with E-state index in [0.717, 1.165) is 12.1 Å².